The summed E-state index contributed by atoms with van der Waals surface area (Å²) in [6, 6.07) is 0. The van der Waals surface area contributed by atoms with E-state index in [0.29, 0.717) is 0 Å². The van der Waals surface area contributed by atoms with Crippen LogP contribution in [0.25, 0.3) is 10.4 Å². The molecule has 0 heterocycles. The third kappa shape index (κ3) is 10.0. The molecule has 0 bridgehead atoms. The van der Waals surface area contributed by atoms with Gasteiger partial charge in [0.25, 0.3) is 0 Å². The number of hydrogen-bond acceptors (Lipinski definition) is 10. The minimum absolute atomic E-state index is 0.219. The molecule has 0 saturated carbocycles. The molecule has 0 aromatic rings. The number of methoxy groups -OCH3 is 1. The molecule has 0 unspecified atom stereocenters. The van der Waals surface area contributed by atoms with Gasteiger partial charge in [-0.05, 0) is 5.53 Å². The lowest BCUT2D eigenvalue weighted by atomic mass is 10.0. The molecule has 0 radical (unpaired) electrons. The highest BCUT2D eigenvalue weighted by Crippen LogP contribution is 2.20. The summed E-state index contributed by atoms with van der Waals surface area (Å²) in [5, 5.41) is 3.31. The number of hydrogen-bond donors (Lipinski definition) is 0. The predicted octanol–water partition coefficient (Wildman–Crippen LogP) is 0.670. The molecule has 0 aliphatic heterocycles. The molecule has 12 heteroatoms. The fourth-order valence-electron chi connectivity index (χ4n) is 2.20. The molecular formula is C15H23N3O9. The molecule has 0 aliphatic carbocycles. The first-order valence-electron chi connectivity index (χ1n) is 7.81. The van der Waals surface area contributed by atoms with E-state index in [1.54, 1.807) is 0 Å². The maximum absolute atomic E-state index is 11.6. The first-order chi connectivity index (χ1) is 12.6. The fraction of sp³-hybridized carbons (Fsp3) is 0.733. The largest absolute Gasteiger partial charge is 0.458 e. The molecule has 27 heavy (non-hydrogen) atoms. The van der Waals surface area contributed by atoms with Gasteiger partial charge in [0.2, 0.25) is 0 Å². The Morgan fingerprint density at radius 1 is 0.815 bits per heavy atom. The molecule has 0 N–H and O–H groups in total. The molecule has 12 nitrogen and oxygen atoms in total. The second-order valence-corrected chi connectivity index (χ2v) is 5.31. The van der Waals surface area contributed by atoms with Gasteiger partial charge in [-0.15, -0.1) is 0 Å². The Labute approximate surface area is 155 Å². The van der Waals surface area contributed by atoms with E-state index in [-0.39, 0.29) is 6.61 Å². The minimum Gasteiger partial charge on any atom is -0.458 e. The summed E-state index contributed by atoms with van der Waals surface area (Å²) in [5.74, 6) is -3.05. The number of ether oxygens (including phenoxy) is 5. The van der Waals surface area contributed by atoms with Gasteiger partial charge in [0.05, 0.1) is 13.2 Å². The Hall–Kier alpha value is -2.85. The van der Waals surface area contributed by atoms with Crippen LogP contribution in [0.3, 0.4) is 0 Å². The molecule has 0 aliphatic rings. The highest BCUT2D eigenvalue weighted by atomic mass is 16.6. The van der Waals surface area contributed by atoms with Crippen molar-refractivity contribution in [2.45, 2.75) is 52.1 Å². The lowest BCUT2D eigenvalue weighted by molar-refractivity contribution is -0.200. The summed E-state index contributed by atoms with van der Waals surface area (Å²) < 4.78 is 25.5. The third-order valence-electron chi connectivity index (χ3n) is 2.95. The summed E-state index contributed by atoms with van der Waals surface area (Å²) in [6.45, 7) is 3.73. The van der Waals surface area contributed by atoms with Gasteiger partial charge in [-0.2, -0.15) is 0 Å². The van der Waals surface area contributed by atoms with Gasteiger partial charge >= 0.3 is 23.9 Å². The minimum atomic E-state index is -1.43. The first kappa shape index (κ1) is 24.1. The van der Waals surface area contributed by atoms with Crippen molar-refractivity contribution in [2.24, 2.45) is 5.11 Å². The number of rotatable bonds is 11. The molecule has 0 rings (SSSR count). The first-order valence-corrected chi connectivity index (χ1v) is 7.81. The van der Waals surface area contributed by atoms with Gasteiger partial charge in [-0.25, -0.2) is 0 Å². The van der Waals surface area contributed by atoms with E-state index in [0.717, 1.165) is 27.7 Å². The third-order valence-corrected chi connectivity index (χ3v) is 2.95. The molecular weight excluding hydrogens is 366 g/mol. The molecule has 0 amide bonds. The lowest BCUT2D eigenvalue weighted by Crippen LogP contribution is -2.53. The van der Waals surface area contributed by atoms with Crippen molar-refractivity contribution in [3.05, 3.63) is 10.4 Å². The smallest absolute Gasteiger partial charge is 0.303 e. The second-order valence-electron chi connectivity index (χ2n) is 5.31. The van der Waals surface area contributed by atoms with E-state index in [1.807, 2.05) is 0 Å². The van der Waals surface area contributed by atoms with Crippen molar-refractivity contribution in [3.63, 3.8) is 0 Å². The fourth-order valence-corrected chi connectivity index (χ4v) is 2.20. The van der Waals surface area contributed by atoms with Crippen molar-refractivity contribution in [3.8, 4) is 0 Å². The van der Waals surface area contributed by atoms with E-state index in [1.165, 1.54) is 7.11 Å². The molecule has 0 saturated heterocycles. The van der Waals surface area contributed by atoms with Crippen LogP contribution in [0, 0.1) is 0 Å². The van der Waals surface area contributed by atoms with Crippen molar-refractivity contribution >= 4 is 23.9 Å². The van der Waals surface area contributed by atoms with Gasteiger partial charge in [-0.1, -0.05) is 5.11 Å². The van der Waals surface area contributed by atoms with Crippen molar-refractivity contribution in [1.82, 2.24) is 0 Å². The van der Waals surface area contributed by atoms with E-state index >= 15 is 0 Å². The monoisotopic (exact) mass is 389 g/mol. The van der Waals surface area contributed by atoms with E-state index < -0.39 is 54.8 Å². The van der Waals surface area contributed by atoms with Crippen molar-refractivity contribution in [1.29, 1.82) is 0 Å². The summed E-state index contributed by atoms with van der Waals surface area (Å²) >= 11 is 0. The Morgan fingerprint density at radius 3 is 1.59 bits per heavy atom. The van der Waals surface area contributed by atoms with Crippen LogP contribution in [0.4, 0.5) is 0 Å². The topological polar surface area (TPSA) is 163 Å². The van der Waals surface area contributed by atoms with Crippen LogP contribution in [0.5, 0.6) is 0 Å². The standard InChI is InChI=1S/C15H23N3O9/c1-8(19)24-12(6-17-18-16)14(26-10(3)21)15(27-11(4)22)13(7-23-5)25-9(2)20/h12-15H,6-7H2,1-5H3/t12-,13-,14-,15-/m1/s1. The SMILES string of the molecule is COC[C@@H](OC(C)=O)[C@@H](OC(C)=O)[C@H](OC(C)=O)[C@@H](CN=[N+]=[N-])OC(C)=O. The molecule has 0 fully saturated rings. The maximum atomic E-state index is 11.6. The van der Waals surface area contributed by atoms with Gasteiger partial charge in [-0.3, -0.25) is 19.2 Å². The number of carbonyl (C=O) groups excluding carboxylic acids is 4. The van der Waals surface area contributed by atoms with E-state index in [2.05, 4.69) is 10.0 Å². The van der Waals surface area contributed by atoms with Crippen LogP contribution >= 0.6 is 0 Å². The number of esters is 4. The van der Waals surface area contributed by atoms with Gasteiger partial charge in [0, 0.05) is 39.7 Å². The number of azide groups is 1. The van der Waals surface area contributed by atoms with Crippen LogP contribution in [0.15, 0.2) is 5.11 Å². The van der Waals surface area contributed by atoms with Crippen molar-refractivity contribution in [2.75, 3.05) is 20.3 Å². The lowest BCUT2D eigenvalue weighted by Gasteiger charge is -2.34. The number of nitrogens with zero attached hydrogens (tertiary/aromatic N) is 3. The Kier molecular flexibility index (Phi) is 11.2. The Bertz CT molecular complexity index is 585. The van der Waals surface area contributed by atoms with Crippen LogP contribution in [0.2, 0.25) is 0 Å². The van der Waals surface area contributed by atoms with Crippen LogP contribution < -0.4 is 0 Å². The molecule has 152 valence electrons. The van der Waals surface area contributed by atoms with E-state index in [9.17, 15) is 19.2 Å². The predicted molar refractivity (Wildman–Crippen MR) is 88.1 cm³/mol. The zero-order chi connectivity index (χ0) is 21.0. The average Bonchev–Trinajstić information content (AvgIpc) is 2.53. The summed E-state index contributed by atoms with van der Waals surface area (Å²) in [4.78, 5) is 48.5. The zero-order valence-electron chi connectivity index (χ0n) is 15.7. The van der Waals surface area contributed by atoms with Crippen LogP contribution in [-0.4, -0.2) is 68.6 Å². The second kappa shape index (κ2) is 12.5. The molecule has 4 atom stereocenters. The average molecular weight is 389 g/mol. The molecule has 0 aromatic heterocycles. The maximum Gasteiger partial charge on any atom is 0.303 e. The van der Waals surface area contributed by atoms with Crippen LogP contribution in [0.1, 0.15) is 27.7 Å². The Balaban J connectivity index is 6.08. The molecule has 0 aromatic carbocycles. The highest BCUT2D eigenvalue weighted by Gasteiger charge is 2.43. The number of carbonyl (C=O) groups is 4. The normalized spacial score (nSPS) is 14.6. The van der Waals surface area contributed by atoms with Crippen molar-refractivity contribution < 1.29 is 42.9 Å². The highest BCUT2D eigenvalue weighted by molar-refractivity contribution is 5.69. The summed E-state index contributed by atoms with van der Waals surface area (Å²) in [7, 11) is 1.31. The quantitative estimate of drug-likeness (QED) is 0.162. The summed E-state index contributed by atoms with van der Waals surface area (Å²) in [6.07, 6.45) is -5.32. The Morgan fingerprint density at radius 2 is 1.22 bits per heavy atom. The van der Waals surface area contributed by atoms with Crippen LogP contribution in [-0.2, 0) is 42.9 Å². The molecule has 0 spiro atoms. The van der Waals surface area contributed by atoms with Gasteiger partial charge in [0.1, 0.15) is 6.10 Å². The van der Waals surface area contributed by atoms with E-state index in [4.69, 9.17) is 29.2 Å². The summed E-state index contributed by atoms with van der Waals surface area (Å²) in [5.41, 5.74) is 8.54. The van der Waals surface area contributed by atoms with Gasteiger partial charge < -0.3 is 23.7 Å². The zero-order valence-corrected chi connectivity index (χ0v) is 15.7. The van der Waals surface area contributed by atoms with Gasteiger partial charge in [0.15, 0.2) is 18.3 Å².